The first-order chi connectivity index (χ1) is 8.28. The lowest BCUT2D eigenvalue weighted by Crippen LogP contribution is -2.38. The molecule has 0 spiro atoms. The van der Waals surface area contributed by atoms with Crippen LogP contribution in [0.2, 0.25) is 0 Å². The van der Waals surface area contributed by atoms with Gasteiger partial charge in [-0.2, -0.15) is 0 Å². The van der Waals surface area contributed by atoms with E-state index in [4.69, 9.17) is 0 Å². The van der Waals surface area contributed by atoms with Crippen LogP contribution in [0.3, 0.4) is 0 Å². The maximum atomic E-state index is 10.9. The second kappa shape index (κ2) is 5.98. The van der Waals surface area contributed by atoms with Crippen LogP contribution in [-0.2, 0) is 4.79 Å². The van der Waals surface area contributed by atoms with E-state index in [2.05, 4.69) is 31.4 Å². The smallest absolute Gasteiger partial charge is 0.221 e. The van der Waals surface area contributed by atoms with Crippen molar-refractivity contribution in [3.8, 4) is 0 Å². The number of benzene rings is 1. The highest BCUT2D eigenvalue weighted by Crippen LogP contribution is 2.16. The molecule has 0 aliphatic rings. The van der Waals surface area contributed by atoms with Crippen molar-refractivity contribution < 1.29 is 9.90 Å². The van der Waals surface area contributed by atoms with E-state index in [0.717, 1.165) is 11.3 Å². The summed E-state index contributed by atoms with van der Waals surface area (Å²) in [5.74, 6) is -0.0994. The van der Waals surface area contributed by atoms with Crippen LogP contribution < -0.4 is 10.6 Å². The predicted molar refractivity (Wildman–Crippen MR) is 73.5 cm³/mol. The van der Waals surface area contributed by atoms with Crippen molar-refractivity contribution in [1.82, 2.24) is 5.32 Å². The van der Waals surface area contributed by atoms with Crippen molar-refractivity contribution in [3.05, 3.63) is 29.8 Å². The van der Waals surface area contributed by atoms with Gasteiger partial charge >= 0.3 is 0 Å². The maximum absolute atomic E-state index is 10.9. The van der Waals surface area contributed by atoms with E-state index >= 15 is 0 Å². The van der Waals surface area contributed by atoms with Crippen molar-refractivity contribution in [2.75, 3.05) is 11.9 Å². The topological polar surface area (TPSA) is 61.4 Å². The van der Waals surface area contributed by atoms with Gasteiger partial charge in [0.15, 0.2) is 0 Å². The van der Waals surface area contributed by atoms with E-state index in [1.54, 1.807) is 12.1 Å². The number of aliphatic hydroxyl groups is 1. The van der Waals surface area contributed by atoms with Crippen molar-refractivity contribution >= 4 is 11.6 Å². The molecule has 0 aliphatic carbocycles. The summed E-state index contributed by atoms with van der Waals surface area (Å²) in [5.41, 5.74) is 1.56. The SMILES string of the molecule is CC(=O)Nc1ccc(C(O)CNC(C)(C)C)cc1. The van der Waals surface area contributed by atoms with Gasteiger partial charge in [0, 0.05) is 24.7 Å². The van der Waals surface area contributed by atoms with Crippen LogP contribution >= 0.6 is 0 Å². The maximum Gasteiger partial charge on any atom is 0.221 e. The lowest BCUT2D eigenvalue weighted by atomic mass is 10.1. The number of amides is 1. The van der Waals surface area contributed by atoms with Crippen LogP contribution in [-0.4, -0.2) is 23.1 Å². The molecule has 1 rings (SSSR count). The quantitative estimate of drug-likeness (QED) is 0.766. The highest BCUT2D eigenvalue weighted by molar-refractivity contribution is 5.88. The first kappa shape index (κ1) is 14.7. The van der Waals surface area contributed by atoms with Crippen molar-refractivity contribution in [2.24, 2.45) is 0 Å². The van der Waals surface area contributed by atoms with Gasteiger partial charge in [-0.25, -0.2) is 0 Å². The fourth-order valence-corrected chi connectivity index (χ4v) is 1.51. The molecular formula is C14H22N2O2. The molecule has 0 bridgehead atoms. The molecule has 0 fully saturated rings. The van der Waals surface area contributed by atoms with E-state index in [1.807, 2.05) is 12.1 Å². The Bertz CT molecular complexity index is 393. The molecule has 1 amide bonds. The number of carbonyl (C=O) groups is 1. The van der Waals surface area contributed by atoms with Gasteiger partial charge in [-0.05, 0) is 38.5 Å². The highest BCUT2D eigenvalue weighted by Gasteiger charge is 2.13. The van der Waals surface area contributed by atoms with Gasteiger partial charge in [0.2, 0.25) is 5.91 Å². The Morgan fingerprint density at radius 2 is 1.83 bits per heavy atom. The average Bonchev–Trinajstić information content (AvgIpc) is 2.25. The third kappa shape index (κ3) is 5.29. The third-order valence-corrected chi connectivity index (χ3v) is 2.44. The molecule has 100 valence electrons. The molecular weight excluding hydrogens is 228 g/mol. The summed E-state index contributed by atoms with van der Waals surface area (Å²) in [7, 11) is 0. The second-order valence-corrected chi connectivity index (χ2v) is 5.45. The number of hydrogen-bond acceptors (Lipinski definition) is 3. The highest BCUT2D eigenvalue weighted by atomic mass is 16.3. The zero-order valence-electron chi connectivity index (χ0n) is 11.4. The molecule has 18 heavy (non-hydrogen) atoms. The molecule has 0 saturated heterocycles. The van der Waals surface area contributed by atoms with Crippen LogP contribution in [0, 0.1) is 0 Å². The minimum atomic E-state index is -0.546. The van der Waals surface area contributed by atoms with E-state index in [9.17, 15) is 9.90 Å². The molecule has 1 unspecified atom stereocenters. The molecule has 0 heterocycles. The van der Waals surface area contributed by atoms with Crippen molar-refractivity contribution in [2.45, 2.75) is 39.3 Å². The Hall–Kier alpha value is -1.39. The van der Waals surface area contributed by atoms with Gasteiger partial charge in [0.05, 0.1) is 6.10 Å². The van der Waals surface area contributed by atoms with Gasteiger partial charge < -0.3 is 15.7 Å². The molecule has 1 atom stereocenters. The number of nitrogens with one attached hydrogen (secondary N) is 2. The fraction of sp³-hybridized carbons (Fsp3) is 0.500. The van der Waals surface area contributed by atoms with Crippen LogP contribution in [0.15, 0.2) is 24.3 Å². The van der Waals surface area contributed by atoms with Gasteiger partial charge in [0.1, 0.15) is 0 Å². The largest absolute Gasteiger partial charge is 0.387 e. The van der Waals surface area contributed by atoms with Crippen LogP contribution in [0.5, 0.6) is 0 Å². The van der Waals surface area contributed by atoms with E-state index in [1.165, 1.54) is 6.92 Å². The zero-order chi connectivity index (χ0) is 13.8. The molecule has 4 heteroatoms. The first-order valence-corrected chi connectivity index (χ1v) is 6.08. The number of aliphatic hydroxyl groups excluding tert-OH is 1. The summed E-state index contributed by atoms with van der Waals surface area (Å²) >= 11 is 0. The Morgan fingerprint density at radius 3 is 2.28 bits per heavy atom. The second-order valence-electron chi connectivity index (χ2n) is 5.45. The average molecular weight is 250 g/mol. The minimum absolute atomic E-state index is 0.0168. The molecule has 3 N–H and O–H groups in total. The van der Waals surface area contributed by atoms with Gasteiger partial charge in [-0.1, -0.05) is 12.1 Å². The molecule has 0 radical (unpaired) electrons. The summed E-state index contributed by atoms with van der Waals surface area (Å²) in [6, 6.07) is 7.22. The third-order valence-electron chi connectivity index (χ3n) is 2.44. The molecule has 0 aliphatic heterocycles. The summed E-state index contributed by atoms with van der Waals surface area (Å²) in [6.07, 6.45) is -0.546. The van der Waals surface area contributed by atoms with E-state index in [-0.39, 0.29) is 11.4 Å². The predicted octanol–water partition coefficient (Wildman–Crippen LogP) is 2.07. The Kier molecular flexibility index (Phi) is 4.87. The van der Waals surface area contributed by atoms with E-state index in [0.29, 0.717) is 6.54 Å². The monoisotopic (exact) mass is 250 g/mol. The zero-order valence-corrected chi connectivity index (χ0v) is 11.4. The molecule has 4 nitrogen and oxygen atoms in total. The van der Waals surface area contributed by atoms with Crippen molar-refractivity contribution in [1.29, 1.82) is 0 Å². The summed E-state index contributed by atoms with van der Waals surface area (Å²) < 4.78 is 0. The van der Waals surface area contributed by atoms with Crippen LogP contribution in [0.1, 0.15) is 39.4 Å². The number of β-amino-alcohol motifs (C(OH)–C–C–N with tert-alkyl or cyclic N) is 1. The molecule has 1 aromatic rings. The van der Waals surface area contributed by atoms with Gasteiger partial charge in [0.25, 0.3) is 0 Å². The summed E-state index contributed by atoms with van der Waals surface area (Å²) in [6.45, 7) is 8.14. The molecule has 0 aromatic heterocycles. The minimum Gasteiger partial charge on any atom is -0.387 e. The summed E-state index contributed by atoms with van der Waals surface area (Å²) in [5, 5.41) is 15.9. The number of hydrogen-bond donors (Lipinski definition) is 3. The first-order valence-electron chi connectivity index (χ1n) is 6.08. The Labute approximate surface area is 108 Å². The normalized spacial score (nSPS) is 13.2. The van der Waals surface area contributed by atoms with Gasteiger partial charge in [-0.3, -0.25) is 4.79 Å². The lowest BCUT2D eigenvalue weighted by molar-refractivity contribution is -0.114. The molecule has 1 aromatic carbocycles. The fourth-order valence-electron chi connectivity index (χ4n) is 1.51. The van der Waals surface area contributed by atoms with Crippen LogP contribution in [0.4, 0.5) is 5.69 Å². The lowest BCUT2D eigenvalue weighted by Gasteiger charge is -2.23. The Balaban J connectivity index is 2.59. The number of carbonyl (C=O) groups excluding carboxylic acids is 1. The van der Waals surface area contributed by atoms with Gasteiger partial charge in [-0.15, -0.1) is 0 Å². The molecule has 0 saturated carbocycles. The van der Waals surface area contributed by atoms with Crippen LogP contribution in [0.25, 0.3) is 0 Å². The van der Waals surface area contributed by atoms with Crippen molar-refractivity contribution in [3.63, 3.8) is 0 Å². The standard InChI is InChI=1S/C14H22N2O2/c1-10(17)16-12-7-5-11(6-8-12)13(18)9-15-14(2,3)4/h5-8,13,15,18H,9H2,1-4H3,(H,16,17). The summed E-state index contributed by atoms with van der Waals surface area (Å²) in [4.78, 5) is 10.9. The Morgan fingerprint density at radius 1 is 1.28 bits per heavy atom. The number of rotatable bonds is 4. The van der Waals surface area contributed by atoms with E-state index < -0.39 is 6.10 Å². The number of anilines is 1.